The molecule has 1 fully saturated rings. The van der Waals surface area contributed by atoms with E-state index in [0.717, 1.165) is 18.7 Å². The third-order valence-electron chi connectivity index (χ3n) is 4.97. The average molecular weight is 314 g/mol. The van der Waals surface area contributed by atoms with Crippen molar-refractivity contribution in [1.29, 1.82) is 0 Å². The molecule has 23 heavy (non-hydrogen) atoms. The van der Waals surface area contributed by atoms with Gasteiger partial charge in [-0.25, -0.2) is 9.97 Å². The van der Waals surface area contributed by atoms with Gasteiger partial charge in [-0.3, -0.25) is 9.36 Å². The molecule has 1 aliphatic carbocycles. The Labute approximate surface area is 135 Å². The quantitative estimate of drug-likeness (QED) is 0.815. The van der Waals surface area contributed by atoms with Gasteiger partial charge in [0.15, 0.2) is 0 Å². The van der Waals surface area contributed by atoms with Gasteiger partial charge in [0, 0.05) is 12.4 Å². The van der Waals surface area contributed by atoms with Crippen molar-refractivity contribution < 1.29 is 9.90 Å². The molecule has 0 amide bonds. The molecule has 3 rings (SSSR count). The van der Waals surface area contributed by atoms with Gasteiger partial charge in [0.25, 0.3) is 0 Å². The minimum Gasteiger partial charge on any atom is -0.481 e. The van der Waals surface area contributed by atoms with E-state index in [4.69, 9.17) is 5.73 Å². The van der Waals surface area contributed by atoms with Crippen LogP contribution in [0.3, 0.4) is 0 Å². The van der Waals surface area contributed by atoms with Crippen molar-refractivity contribution in [3.63, 3.8) is 0 Å². The zero-order valence-electron chi connectivity index (χ0n) is 13.2. The smallest absolute Gasteiger partial charge is 0.316 e. The molecule has 0 aromatic carbocycles. The summed E-state index contributed by atoms with van der Waals surface area (Å²) in [6, 6.07) is 5.60. The van der Waals surface area contributed by atoms with Crippen molar-refractivity contribution in [2.24, 2.45) is 17.6 Å². The number of rotatable bonds is 7. The molecule has 0 aliphatic heterocycles. The summed E-state index contributed by atoms with van der Waals surface area (Å²) in [4.78, 5) is 20.5. The van der Waals surface area contributed by atoms with Gasteiger partial charge in [0.05, 0.1) is 5.69 Å². The third kappa shape index (κ3) is 2.74. The molecule has 6 nitrogen and oxygen atoms in total. The van der Waals surface area contributed by atoms with Crippen molar-refractivity contribution in [3.05, 3.63) is 42.6 Å². The number of aliphatic carboxylic acids is 1. The monoisotopic (exact) mass is 314 g/mol. The molecule has 0 radical (unpaired) electrons. The van der Waals surface area contributed by atoms with Gasteiger partial charge in [-0.15, -0.1) is 0 Å². The Kier molecular flexibility index (Phi) is 4.17. The minimum atomic E-state index is -0.859. The van der Waals surface area contributed by atoms with Crippen molar-refractivity contribution in [1.82, 2.24) is 14.5 Å². The number of imidazole rings is 1. The number of hydrogen-bond acceptors (Lipinski definition) is 4. The van der Waals surface area contributed by atoms with Crippen LogP contribution >= 0.6 is 0 Å². The Morgan fingerprint density at radius 2 is 2.35 bits per heavy atom. The van der Waals surface area contributed by atoms with Crippen molar-refractivity contribution in [2.45, 2.75) is 31.6 Å². The van der Waals surface area contributed by atoms with Crippen LogP contribution in [-0.4, -0.2) is 32.2 Å². The summed E-state index contributed by atoms with van der Waals surface area (Å²) in [7, 11) is 0. The van der Waals surface area contributed by atoms with Crippen LogP contribution in [0.2, 0.25) is 0 Å². The number of pyridine rings is 1. The number of nitrogens with two attached hydrogens (primary N) is 1. The number of carboxylic acid groups (broad SMARTS) is 1. The van der Waals surface area contributed by atoms with E-state index in [9.17, 15) is 9.90 Å². The second-order valence-corrected chi connectivity index (χ2v) is 6.28. The van der Waals surface area contributed by atoms with E-state index in [0.29, 0.717) is 24.6 Å². The summed E-state index contributed by atoms with van der Waals surface area (Å²) in [6.45, 7) is 2.70. The van der Waals surface area contributed by atoms with Gasteiger partial charge in [0.1, 0.15) is 17.6 Å². The Morgan fingerprint density at radius 1 is 1.52 bits per heavy atom. The van der Waals surface area contributed by atoms with E-state index >= 15 is 0 Å². The van der Waals surface area contributed by atoms with E-state index in [2.05, 4.69) is 16.9 Å². The topological polar surface area (TPSA) is 94.0 Å². The first-order valence-electron chi connectivity index (χ1n) is 8.01. The molecule has 3 N–H and O–H groups in total. The first-order valence-corrected chi connectivity index (χ1v) is 8.01. The van der Waals surface area contributed by atoms with Gasteiger partial charge >= 0.3 is 5.97 Å². The van der Waals surface area contributed by atoms with E-state index in [1.54, 1.807) is 23.3 Å². The fourth-order valence-corrected chi connectivity index (χ4v) is 3.32. The molecule has 1 saturated carbocycles. The summed E-state index contributed by atoms with van der Waals surface area (Å²) in [6.07, 6.45) is 7.59. The minimum absolute atomic E-state index is 0.112. The molecule has 6 heteroatoms. The predicted molar refractivity (Wildman–Crippen MR) is 86.2 cm³/mol. The van der Waals surface area contributed by atoms with Crippen LogP contribution in [0.4, 0.5) is 0 Å². The van der Waals surface area contributed by atoms with Gasteiger partial charge in [-0.1, -0.05) is 19.4 Å². The fraction of sp³-hybridized carbons (Fsp3) is 0.471. The maximum Gasteiger partial charge on any atom is 0.316 e. The molecular formula is C17H22N4O2. The first-order chi connectivity index (χ1) is 11.1. The lowest BCUT2D eigenvalue weighted by atomic mass is 9.92. The zero-order valence-corrected chi connectivity index (χ0v) is 13.2. The van der Waals surface area contributed by atoms with Crippen LogP contribution in [0.25, 0.3) is 5.82 Å². The molecule has 2 heterocycles. The highest BCUT2D eigenvalue weighted by atomic mass is 16.4. The maximum absolute atomic E-state index is 11.9. The highest BCUT2D eigenvalue weighted by Crippen LogP contribution is 2.57. The maximum atomic E-state index is 11.9. The Balaban J connectivity index is 1.84. The van der Waals surface area contributed by atoms with E-state index in [-0.39, 0.29) is 5.92 Å². The number of nitrogens with zero attached hydrogens (tertiary/aromatic N) is 3. The lowest BCUT2D eigenvalue weighted by molar-refractivity contribution is -0.140. The second kappa shape index (κ2) is 6.12. The SMILES string of the molecule is CC[C@H](CN)C[C@@H]1C[C@@]1(C(=O)O)c1cn(-c2ccccn2)cn1. The molecule has 0 bridgehead atoms. The number of carboxylic acids is 1. The summed E-state index contributed by atoms with van der Waals surface area (Å²) in [5.74, 6) is 0.428. The number of carbonyl (C=O) groups is 1. The number of aromatic nitrogens is 3. The summed E-state index contributed by atoms with van der Waals surface area (Å²) in [5, 5.41) is 9.77. The van der Waals surface area contributed by atoms with E-state index < -0.39 is 11.4 Å². The van der Waals surface area contributed by atoms with Gasteiger partial charge in [0.2, 0.25) is 0 Å². The highest BCUT2D eigenvalue weighted by molar-refractivity contribution is 5.85. The first kappa shape index (κ1) is 15.7. The Morgan fingerprint density at radius 3 is 2.96 bits per heavy atom. The van der Waals surface area contributed by atoms with Crippen molar-refractivity contribution in [2.75, 3.05) is 6.54 Å². The molecular weight excluding hydrogens is 292 g/mol. The molecule has 1 aliphatic rings. The van der Waals surface area contributed by atoms with Gasteiger partial charge < -0.3 is 10.8 Å². The zero-order chi connectivity index (χ0) is 16.4. The summed E-state index contributed by atoms with van der Waals surface area (Å²) in [5.41, 5.74) is 5.53. The third-order valence-corrected chi connectivity index (χ3v) is 4.97. The standard InChI is InChI=1S/C17H22N4O2/c1-2-12(9-18)7-13-8-17(13,16(22)23)14-10-21(11-20-14)15-5-3-4-6-19-15/h3-6,10-13H,2,7-9,18H2,1H3,(H,22,23)/t12-,13+,17-/m0/s1. The Hall–Kier alpha value is -2.21. The molecule has 3 atom stereocenters. The second-order valence-electron chi connectivity index (χ2n) is 6.28. The molecule has 122 valence electrons. The van der Waals surface area contributed by atoms with Crippen molar-refractivity contribution >= 4 is 5.97 Å². The van der Waals surface area contributed by atoms with Crippen LogP contribution in [0.5, 0.6) is 0 Å². The van der Waals surface area contributed by atoms with Gasteiger partial charge in [-0.05, 0) is 43.4 Å². The Bertz CT molecular complexity index is 681. The highest BCUT2D eigenvalue weighted by Gasteiger charge is 2.63. The molecule has 0 spiro atoms. The van der Waals surface area contributed by atoms with E-state index in [1.165, 1.54) is 0 Å². The van der Waals surface area contributed by atoms with Gasteiger partial charge in [-0.2, -0.15) is 0 Å². The largest absolute Gasteiger partial charge is 0.481 e. The van der Waals surface area contributed by atoms with Crippen LogP contribution in [0, 0.1) is 11.8 Å². The predicted octanol–water partition coefficient (Wildman–Crippen LogP) is 1.98. The average Bonchev–Trinajstić information content (AvgIpc) is 3.09. The summed E-state index contributed by atoms with van der Waals surface area (Å²) >= 11 is 0. The molecule has 2 aromatic heterocycles. The van der Waals surface area contributed by atoms with Crippen LogP contribution in [0.1, 0.15) is 31.9 Å². The summed E-state index contributed by atoms with van der Waals surface area (Å²) < 4.78 is 1.77. The van der Waals surface area contributed by atoms with E-state index in [1.807, 2.05) is 18.2 Å². The molecule has 0 unspecified atom stereocenters. The molecule has 2 aromatic rings. The molecule has 0 saturated heterocycles. The van der Waals surface area contributed by atoms with Crippen LogP contribution < -0.4 is 5.73 Å². The van der Waals surface area contributed by atoms with Crippen molar-refractivity contribution in [3.8, 4) is 5.82 Å². The lowest BCUT2D eigenvalue weighted by Gasteiger charge is -2.14. The number of hydrogen-bond donors (Lipinski definition) is 2. The lowest BCUT2D eigenvalue weighted by Crippen LogP contribution is -2.25. The van der Waals surface area contributed by atoms with Crippen LogP contribution in [0.15, 0.2) is 36.9 Å². The van der Waals surface area contributed by atoms with Crippen LogP contribution in [-0.2, 0) is 10.2 Å². The normalized spacial score (nSPS) is 24.3. The fourth-order valence-electron chi connectivity index (χ4n) is 3.32.